The highest BCUT2D eigenvalue weighted by molar-refractivity contribution is 6.33. The molecule has 1 aromatic carbocycles. The van der Waals surface area contributed by atoms with Crippen LogP contribution in [-0.2, 0) is 13.0 Å². The molecule has 0 amide bonds. The molecular formula is C25H31ClFN5O2. The zero-order valence-corrected chi connectivity index (χ0v) is 20.4. The molecule has 0 bridgehead atoms. The van der Waals surface area contributed by atoms with Gasteiger partial charge in [-0.05, 0) is 70.1 Å². The predicted octanol–water partition coefficient (Wildman–Crippen LogP) is 3.57. The molecule has 1 aliphatic carbocycles. The van der Waals surface area contributed by atoms with Gasteiger partial charge in [0.15, 0.2) is 6.29 Å². The maximum Gasteiger partial charge on any atom is 0.152 e. The summed E-state index contributed by atoms with van der Waals surface area (Å²) in [4.78, 5) is 16.0. The van der Waals surface area contributed by atoms with Gasteiger partial charge >= 0.3 is 0 Å². The topological polar surface area (TPSA) is 85.4 Å². The molecule has 0 unspecified atom stereocenters. The van der Waals surface area contributed by atoms with Crippen LogP contribution in [0.15, 0.2) is 24.4 Å². The van der Waals surface area contributed by atoms with Gasteiger partial charge in [0.2, 0.25) is 0 Å². The predicted molar refractivity (Wildman–Crippen MR) is 130 cm³/mol. The van der Waals surface area contributed by atoms with Crippen LogP contribution in [0.3, 0.4) is 0 Å². The molecule has 1 saturated carbocycles. The quantitative estimate of drug-likeness (QED) is 0.305. The lowest BCUT2D eigenvalue weighted by Crippen LogP contribution is -2.64. The minimum absolute atomic E-state index is 0.115. The van der Waals surface area contributed by atoms with Crippen LogP contribution in [0, 0.1) is 22.1 Å². The van der Waals surface area contributed by atoms with Crippen molar-refractivity contribution < 1.29 is 13.9 Å². The molecule has 7 nitrogen and oxygen atoms in total. The van der Waals surface area contributed by atoms with Crippen LogP contribution in [0.4, 0.5) is 4.39 Å². The zero-order chi connectivity index (χ0) is 24.5. The van der Waals surface area contributed by atoms with Crippen LogP contribution in [0.5, 0.6) is 5.75 Å². The molecule has 182 valence electrons. The number of halogens is 2. The van der Waals surface area contributed by atoms with E-state index in [4.69, 9.17) is 27.2 Å². The summed E-state index contributed by atoms with van der Waals surface area (Å²) < 4.78 is 21.6. The van der Waals surface area contributed by atoms with Crippen LogP contribution in [0.1, 0.15) is 40.7 Å². The van der Waals surface area contributed by atoms with Crippen molar-refractivity contribution in [2.75, 3.05) is 33.7 Å². The summed E-state index contributed by atoms with van der Waals surface area (Å²) in [5, 5.41) is 15.5. The van der Waals surface area contributed by atoms with Crippen molar-refractivity contribution in [2.45, 2.75) is 38.3 Å². The fraction of sp³-hybridized carbons (Fsp3) is 0.480. The average Bonchev–Trinajstić information content (AvgIpc) is 2.73. The Morgan fingerprint density at radius 3 is 2.71 bits per heavy atom. The minimum atomic E-state index is -0.368. The van der Waals surface area contributed by atoms with Crippen LogP contribution >= 0.6 is 11.6 Å². The third-order valence-electron chi connectivity index (χ3n) is 6.79. The fourth-order valence-corrected chi connectivity index (χ4v) is 5.42. The number of hydrogen-bond donors (Lipinski definition) is 2. The number of rotatable bonds is 10. The first-order valence-corrected chi connectivity index (χ1v) is 11.9. The maximum atomic E-state index is 14.1. The number of carbonyl (C=O) groups excluding carboxylic acids is 1. The van der Waals surface area contributed by atoms with Gasteiger partial charge in [-0.3, -0.25) is 20.2 Å². The van der Waals surface area contributed by atoms with Crippen LogP contribution < -0.4 is 10.2 Å². The van der Waals surface area contributed by atoms with E-state index in [1.807, 2.05) is 25.1 Å². The van der Waals surface area contributed by atoms with Crippen molar-refractivity contribution >= 4 is 24.2 Å². The summed E-state index contributed by atoms with van der Waals surface area (Å²) in [6.45, 7) is 3.52. The number of aldehydes is 1. The monoisotopic (exact) mass is 487 g/mol. The molecule has 9 heteroatoms. The van der Waals surface area contributed by atoms with Crippen LogP contribution in [0.25, 0.3) is 0 Å². The summed E-state index contributed by atoms with van der Waals surface area (Å²) in [5.74, 6) is 0.367. The van der Waals surface area contributed by atoms with Crippen molar-refractivity contribution in [1.29, 1.82) is 10.8 Å². The highest BCUT2D eigenvalue weighted by Crippen LogP contribution is 2.50. The van der Waals surface area contributed by atoms with E-state index in [1.54, 1.807) is 6.07 Å². The number of likely N-dealkylation sites (tertiary alicyclic amines) is 1. The van der Waals surface area contributed by atoms with E-state index in [9.17, 15) is 9.18 Å². The van der Waals surface area contributed by atoms with Crippen molar-refractivity contribution in [3.8, 4) is 5.75 Å². The number of ether oxygens (including phenoxy) is 1. The number of aromatic nitrogens is 1. The molecule has 34 heavy (non-hydrogen) atoms. The second-order valence-corrected chi connectivity index (χ2v) is 10.2. The van der Waals surface area contributed by atoms with Gasteiger partial charge in [-0.2, -0.15) is 0 Å². The molecule has 4 rings (SSSR count). The standard InChI is InChI=1S/C25H31ClFN5O2/c1-30(2)11-19-20(13-33)21(26)5-6-23(19)34-18-9-25(10-18)14-31(15-25)7-3-4-17-8-24(29)32(16-28)12-22(17)27/h5-6,8,12-13,16,18,28-29H,3-4,7,9-11,14-15H2,1-2H3. The average molecular weight is 488 g/mol. The van der Waals surface area contributed by atoms with E-state index in [0.29, 0.717) is 34.5 Å². The van der Waals surface area contributed by atoms with Gasteiger partial charge < -0.3 is 14.5 Å². The van der Waals surface area contributed by atoms with E-state index >= 15 is 0 Å². The normalized spacial score (nSPS) is 17.4. The van der Waals surface area contributed by atoms with Gasteiger partial charge in [-0.15, -0.1) is 0 Å². The van der Waals surface area contributed by atoms with Crippen LogP contribution in [0.2, 0.25) is 5.02 Å². The Bertz CT molecular complexity index is 1130. The van der Waals surface area contributed by atoms with E-state index in [0.717, 1.165) is 67.4 Å². The SMILES string of the molecule is CN(C)Cc1c(OC2CC3(C2)CN(CCCc2cc(=N)n(C=N)cc2F)C3)ccc(Cl)c1C=O. The Morgan fingerprint density at radius 2 is 2.06 bits per heavy atom. The molecule has 1 aliphatic heterocycles. The Kier molecular flexibility index (Phi) is 7.21. The molecule has 2 aromatic rings. The third-order valence-corrected chi connectivity index (χ3v) is 7.12. The molecule has 2 aliphatic rings. The largest absolute Gasteiger partial charge is 0.490 e. The highest BCUT2D eigenvalue weighted by atomic mass is 35.5. The number of benzene rings is 1. The van der Waals surface area contributed by atoms with E-state index in [2.05, 4.69) is 4.90 Å². The summed E-state index contributed by atoms with van der Waals surface area (Å²) in [6, 6.07) is 5.09. The number of nitrogens with one attached hydrogen (secondary N) is 2. The lowest BCUT2D eigenvalue weighted by molar-refractivity contribution is -0.119. The molecule has 0 radical (unpaired) electrons. The van der Waals surface area contributed by atoms with Gasteiger partial charge in [0.05, 0.1) is 17.5 Å². The third kappa shape index (κ3) is 5.09. The second kappa shape index (κ2) is 9.98. The Morgan fingerprint density at radius 1 is 1.32 bits per heavy atom. The van der Waals surface area contributed by atoms with Gasteiger partial charge in [0.25, 0.3) is 0 Å². The van der Waals surface area contributed by atoms with Crippen LogP contribution in [-0.4, -0.2) is 66.8 Å². The molecule has 0 atom stereocenters. The first-order chi connectivity index (χ1) is 16.2. The van der Waals surface area contributed by atoms with E-state index < -0.39 is 0 Å². The Labute approximate surface area is 204 Å². The van der Waals surface area contributed by atoms with E-state index in [-0.39, 0.29) is 17.4 Å². The van der Waals surface area contributed by atoms with Gasteiger partial charge in [-0.1, -0.05) is 11.6 Å². The summed E-state index contributed by atoms with van der Waals surface area (Å²) >= 11 is 6.22. The summed E-state index contributed by atoms with van der Waals surface area (Å²) in [5.41, 5.74) is 2.27. The number of nitrogens with zero attached hydrogens (tertiary/aromatic N) is 3. The minimum Gasteiger partial charge on any atom is -0.490 e. The molecule has 1 saturated heterocycles. The smallest absolute Gasteiger partial charge is 0.152 e. The first-order valence-electron chi connectivity index (χ1n) is 11.5. The van der Waals surface area contributed by atoms with Gasteiger partial charge in [0, 0.05) is 42.4 Å². The Balaban J connectivity index is 1.25. The number of hydrogen-bond acceptors (Lipinski definition) is 6. The highest BCUT2D eigenvalue weighted by Gasteiger charge is 2.53. The van der Waals surface area contributed by atoms with Gasteiger partial charge in [0.1, 0.15) is 17.1 Å². The lowest BCUT2D eigenvalue weighted by Gasteiger charge is -2.58. The fourth-order valence-electron chi connectivity index (χ4n) is 5.20. The van der Waals surface area contributed by atoms with Crippen molar-refractivity contribution in [2.24, 2.45) is 5.41 Å². The molecule has 2 N–H and O–H groups in total. The molecular weight excluding hydrogens is 457 g/mol. The van der Waals surface area contributed by atoms with Crippen molar-refractivity contribution in [3.05, 3.63) is 57.4 Å². The number of pyridine rings is 1. The maximum absolute atomic E-state index is 14.1. The summed E-state index contributed by atoms with van der Waals surface area (Å²) in [7, 11) is 3.90. The number of carbonyl (C=O) groups is 1. The van der Waals surface area contributed by atoms with E-state index in [1.165, 1.54) is 12.3 Å². The zero-order valence-electron chi connectivity index (χ0n) is 19.6. The molecule has 1 spiro atoms. The van der Waals surface area contributed by atoms with Crippen molar-refractivity contribution in [1.82, 2.24) is 14.4 Å². The Hall–Kier alpha value is -2.55. The second-order valence-electron chi connectivity index (χ2n) is 9.82. The number of aryl methyl sites for hydroxylation is 1. The first kappa shape index (κ1) is 24.6. The molecule has 2 heterocycles. The molecule has 2 fully saturated rings. The summed E-state index contributed by atoms with van der Waals surface area (Å²) in [6.07, 6.45) is 6.45. The molecule has 1 aromatic heterocycles. The van der Waals surface area contributed by atoms with Crippen molar-refractivity contribution in [3.63, 3.8) is 0 Å². The van der Waals surface area contributed by atoms with Gasteiger partial charge in [-0.25, -0.2) is 4.39 Å². The lowest BCUT2D eigenvalue weighted by atomic mass is 9.61.